The Balaban J connectivity index is 2.43. The van der Waals surface area contributed by atoms with E-state index in [-0.39, 0.29) is 22.9 Å². The summed E-state index contributed by atoms with van der Waals surface area (Å²) in [6.45, 7) is 0.387. The molecular weight excluding hydrogens is 298 g/mol. The summed E-state index contributed by atoms with van der Waals surface area (Å²) in [5.41, 5.74) is 5.23. The van der Waals surface area contributed by atoms with Gasteiger partial charge in [0.2, 0.25) is 5.91 Å². The summed E-state index contributed by atoms with van der Waals surface area (Å²) in [7, 11) is 0. The molecule has 3 amide bonds. The Labute approximate surface area is 126 Å². The summed E-state index contributed by atoms with van der Waals surface area (Å²) in [6.07, 6.45) is 1.50. The first-order valence-electron chi connectivity index (χ1n) is 6.26. The first-order valence-corrected chi connectivity index (χ1v) is 6.64. The van der Waals surface area contributed by atoms with Crippen molar-refractivity contribution >= 4 is 35.2 Å². The fraction of sp³-hybridized carbons (Fsp3) is 0.308. The highest BCUT2D eigenvalue weighted by Gasteiger charge is 2.10. The molecule has 1 aromatic rings. The molecule has 0 saturated carbocycles. The van der Waals surface area contributed by atoms with Crippen LogP contribution in [0.4, 0.5) is 10.5 Å². The maximum atomic E-state index is 11.6. The van der Waals surface area contributed by atoms with Gasteiger partial charge in [0, 0.05) is 18.7 Å². The van der Waals surface area contributed by atoms with E-state index in [0.717, 1.165) is 0 Å². The molecular formula is C13H16ClN3O4. The number of carbonyl (C=O) groups is 3. The Hall–Kier alpha value is -2.28. The van der Waals surface area contributed by atoms with E-state index in [1.54, 1.807) is 0 Å². The van der Waals surface area contributed by atoms with Gasteiger partial charge in [0.25, 0.3) is 0 Å². The van der Waals surface area contributed by atoms with Crippen molar-refractivity contribution < 1.29 is 19.5 Å². The maximum Gasteiger partial charge on any atom is 0.337 e. The maximum absolute atomic E-state index is 11.6. The number of carboxylic acid groups (broad SMARTS) is 1. The van der Waals surface area contributed by atoms with Gasteiger partial charge in [0.05, 0.1) is 10.6 Å². The number of carbonyl (C=O) groups excluding carboxylic acids is 2. The molecule has 0 atom stereocenters. The van der Waals surface area contributed by atoms with Gasteiger partial charge in [-0.25, -0.2) is 9.59 Å². The van der Waals surface area contributed by atoms with E-state index in [0.29, 0.717) is 25.1 Å². The van der Waals surface area contributed by atoms with E-state index in [9.17, 15) is 14.4 Å². The van der Waals surface area contributed by atoms with E-state index >= 15 is 0 Å². The lowest BCUT2D eigenvalue weighted by Gasteiger charge is -2.08. The predicted octanol–water partition coefficient (Wildman–Crippen LogP) is 1.82. The molecule has 0 aliphatic carbocycles. The lowest BCUT2D eigenvalue weighted by molar-refractivity contribution is -0.118. The topological polar surface area (TPSA) is 122 Å². The van der Waals surface area contributed by atoms with Crippen LogP contribution in [0.5, 0.6) is 0 Å². The molecule has 114 valence electrons. The van der Waals surface area contributed by atoms with Crippen molar-refractivity contribution in [2.24, 2.45) is 5.73 Å². The second-order valence-electron chi connectivity index (χ2n) is 4.30. The fourth-order valence-electron chi connectivity index (χ4n) is 1.57. The third-order valence-electron chi connectivity index (χ3n) is 2.59. The lowest BCUT2D eigenvalue weighted by atomic mass is 10.2. The molecule has 1 rings (SSSR count). The number of aromatic carboxylic acids is 1. The van der Waals surface area contributed by atoms with Gasteiger partial charge in [0.1, 0.15) is 0 Å². The number of hydrogen-bond donors (Lipinski definition) is 4. The van der Waals surface area contributed by atoms with Crippen LogP contribution >= 0.6 is 11.6 Å². The first kappa shape index (κ1) is 16.8. The molecule has 0 aliphatic rings. The predicted molar refractivity (Wildman–Crippen MR) is 78.5 cm³/mol. The van der Waals surface area contributed by atoms with Crippen molar-refractivity contribution in [2.45, 2.75) is 19.3 Å². The summed E-state index contributed by atoms with van der Waals surface area (Å²) in [4.78, 5) is 33.0. The molecule has 0 aliphatic heterocycles. The molecule has 0 radical (unpaired) electrons. The molecule has 0 heterocycles. The van der Waals surface area contributed by atoms with E-state index < -0.39 is 12.0 Å². The van der Waals surface area contributed by atoms with Crippen LogP contribution in [0.15, 0.2) is 18.2 Å². The number of carboxylic acids is 1. The fourth-order valence-corrected chi connectivity index (χ4v) is 1.77. The van der Waals surface area contributed by atoms with Crippen LogP contribution in [-0.2, 0) is 4.79 Å². The van der Waals surface area contributed by atoms with E-state index in [1.807, 2.05) is 0 Å². The van der Waals surface area contributed by atoms with Crippen LogP contribution in [0, 0.1) is 0 Å². The van der Waals surface area contributed by atoms with Crippen molar-refractivity contribution in [2.75, 3.05) is 11.9 Å². The quantitative estimate of drug-likeness (QED) is 0.573. The Morgan fingerprint density at radius 3 is 2.57 bits per heavy atom. The van der Waals surface area contributed by atoms with Gasteiger partial charge in [-0.2, -0.15) is 0 Å². The number of hydrogen-bond acceptors (Lipinski definition) is 3. The monoisotopic (exact) mass is 313 g/mol. The number of halogens is 1. The molecule has 0 fully saturated rings. The van der Waals surface area contributed by atoms with Crippen LogP contribution in [0.3, 0.4) is 0 Å². The molecule has 0 unspecified atom stereocenters. The smallest absolute Gasteiger partial charge is 0.337 e. The number of amides is 3. The Morgan fingerprint density at radius 1 is 1.24 bits per heavy atom. The van der Waals surface area contributed by atoms with Gasteiger partial charge in [-0.05, 0) is 31.0 Å². The minimum absolute atomic E-state index is 0.0871. The molecule has 0 aromatic heterocycles. The number of urea groups is 1. The lowest BCUT2D eigenvalue weighted by Crippen LogP contribution is -2.29. The summed E-state index contributed by atoms with van der Waals surface area (Å²) >= 11 is 5.72. The van der Waals surface area contributed by atoms with Crippen molar-refractivity contribution in [3.05, 3.63) is 28.8 Å². The molecule has 1 aromatic carbocycles. The van der Waals surface area contributed by atoms with Crippen LogP contribution in [0.1, 0.15) is 29.6 Å². The minimum Gasteiger partial charge on any atom is -0.478 e. The zero-order chi connectivity index (χ0) is 15.8. The molecule has 8 heteroatoms. The van der Waals surface area contributed by atoms with Gasteiger partial charge in [-0.1, -0.05) is 11.6 Å². The van der Waals surface area contributed by atoms with Crippen LogP contribution in [0.2, 0.25) is 5.02 Å². The molecule has 21 heavy (non-hydrogen) atoms. The molecule has 5 N–H and O–H groups in total. The highest BCUT2D eigenvalue weighted by atomic mass is 35.5. The van der Waals surface area contributed by atoms with Crippen LogP contribution in [0.25, 0.3) is 0 Å². The van der Waals surface area contributed by atoms with Gasteiger partial charge in [-0.15, -0.1) is 0 Å². The number of unbranched alkanes of at least 4 members (excludes halogenated alkanes) is 1. The van der Waals surface area contributed by atoms with Gasteiger partial charge >= 0.3 is 12.0 Å². The summed E-state index contributed by atoms with van der Waals surface area (Å²) in [5.74, 6) is -1.54. The summed E-state index contributed by atoms with van der Waals surface area (Å²) < 4.78 is 0. The largest absolute Gasteiger partial charge is 0.478 e. The molecule has 0 bridgehead atoms. The average molecular weight is 314 g/mol. The second-order valence-corrected chi connectivity index (χ2v) is 4.71. The van der Waals surface area contributed by atoms with Gasteiger partial charge in [0.15, 0.2) is 0 Å². The number of nitrogens with two attached hydrogens (primary N) is 1. The highest BCUT2D eigenvalue weighted by Crippen LogP contribution is 2.20. The molecule has 7 nitrogen and oxygen atoms in total. The average Bonchev–Trinajstić information content (AvgIpc) is 2.40. The highest BCUT2D eigenvalue weighted by molar-refractivity contribution is 6.33. The molecule has 0 spiro atoms. The van der Waals surface area contributed by atoms with Gasteiger partial charge in [-0.3, -0.25) is 4.79 Å². The van der Waals surface area contributed by atoms with Crippen molar-refractivity contribution in [1.82, 2.24) is 5.32 Å². The normalized spacial score (nSPS) is 9.95. The van der Waals surface area contributed by atoms with Crippen LogP contribution in [-0.4, -0.2) is 29.6 Å². The Bertz CT molecular complexity index is 548. The zero-order valence-corrected chi connectivity index (χ0v) is 11.9. The standard InChI is InChI=1S/C13H16ClN3O4/c14-10-5-4-8(7-9(10)12(19)20)17-13(21)16-6-2-1-3-11(15)18/h4-5,7H,1-3,6H2,(H2,15,18)(H,19,20)(H2,16,17,21). The van der Waals surface area contributed by atoms with Gasteiger partial charge < -0.3 is 21.5 Å². The van der Waals surface area contributed by atoms with E-state index in [4.69, 9.17) is 22.4 Å². The first-order chi connectivity index (χ1) is 9.90. The third kappa shape index (κ3) is 6.13. The Kier molecular flexibility index (Phi) is 6.48. The Morgan fingerprint density at radius 2 is 1.95 bits per heavy atom. The van der Waals surface area contributed by atoms with Crippen LogP contribution < -0.4 is 16.4 Å². The number of benzene rings is 1. The number of nitrogens with one attached hydrogen (secondary N) is 2. The van der Waals surface area contributed by atoms with Crippen molar-refractivity contribution in [1.29, 1.82) is 0 Å². The zero-order valence-electron chi connectivity index (χ0n) is 11.2. The van der Waals surface area contributed by atoms with E-state index in [1.165, 1.54) is 18.2 Å². The molecule has 0 saturated heterocycles. The SMILES string of the molecule is NC(=O)CCCCNC(=O)Nc1ccc(Cl)c(C(=O)O)c1. The van der Waals surface area contributed by atoms with Crippen molar-refractivity contribution in [3.63, 3.8) is 0 Å². The number of anilines is 1. The summed E-state index contributed by atoms with van der Waals surface area (Å²) in [6, 6.07) is 3.71. The van der Waals surface area contributed by atoms with Crippen molar-refractivity contribution in [3.8, 4) is 0 Å². The third-order valence-corrected chi connectivity index (χ3v) is 2.92. The van der Waals surface area contributed by atoms with E-state index in [2.05, 4.69) is 10.6 Å². The number of rotatable bonds is 7. The minimum atomic E-state index is -1.17. The second kappa shape index (κ2) is 8.11. The summed E-state index contributed by atoms with van der Waals surface area (Å²) in [5, 5.41) is 14.1. The number of primary amides is 1.